The molecule has 0 N–H and O–H groups in total. The fraction of sp³-hybridized carbons (Fsp3) is 0.138. The van der Waals surface area contributed by atoms with Gasteiger partial charge in [0.15, 0.2) is 0 Å². The lowest BCUT2D eigenvalue weighted by molar-refractivity contribution is 0.591. The number of hydrogen-bond acceptors (Lipinski definition) is 1. The van der Waals surface area contributed by atoms with Crippen LogP contribution in [0.4, 0.5) is 11.4 Å². The predicted molar refractivity (Wildman–Crippen MR) is 135 cm³/mol. The Bertz CT molecular complexity index is 1350. The van der Waals surface area contributed by atoms with Gasteiger partial charge < -0.3 is 0 Å². The van der Waals surface area contributed by atoms with Crippen LogP contribution in [-0.4, -0.2) is 0 Å². The molecule has 1 aliphatic heterocycles. The van der Waals surface area contributed by atoms with Crippen molar-refractivity contribution < 1.29 is 0 Å². The third-order valence-corrected chi connectivity index (χ3v) is 6.86. The van der Waals surface area contributed by atoms with Gasteiger partial charge in [0.05, 0.1) is 0 Å². The second-order valence-corrected chi connectivity index (χ2v) is 10.1. The highest BCUT2D eigenvalue weighted by Crippen LogP contribution is 2.35. The maximum absolute atomic E-state index is 2.35. The highest BCUT2D eigenvalue weighted by molar-refractivity contribution is 7.21. The topological polar surface area (TPSA) is 3.01 Å². The lowest BCUT2D eigenvalue weighted by Crippen LogP contribution is -2.20. The van der Waals surface area contributed by atoms with Crippen LogP contribution in [0.5, 0.6) is 0 Å². The smallest absolute Gasteiger partial charge is 0.154 e. The van der Waals surface area contributed by atoms with E-state index in [0.717, 1.165) is 11.4 Å². The largest absolute Gasteiger partial charge is 0.213 e. The van der Waals surface area contributed by atoms with E-state index < -0.39 is 0 Å². The van der Waals surface area contributed by atoms with Crippen molar-refractivity contribution in [1.29, 1.82) is 0 Å². The van der Waals surface area contributed by atoms with Gasteiger partial charge in [-0.1, -0.05) is 63.2 Å². The van der Waals surface area contributed by atoms with Gasteiger partial charge in [0.25, 0.3) is 0 Å². The second kappa shape index (κ2) is 7.79. The highest BCUT2D eigenvalue weighted by Gasteiger charge is 2.17. The second-order valence-electron chi connectivity index (χ2n) is 8.98. The molecule has 0 atom stereocenters. The van der Waals surface area contributed by atoms with Crippen LogP contribution in [0.25, 0.3) is 20.5 Å². The number of para-hydroxylation sites is 2. The summed E-state index contributed by atoms with van der Waals surface area (Å²) >= 11 is 1.87. The SMILES string of the molecule is CC(C)(C)c1ccc2sc3cc(=[N+](c4ccccc4)c4ccccc4)ccc-3cc2c1. The summed E-state index contributed by atoms with van der Waals surface area (Å²) in [5.41, 5.74) is 5.14. The summed E-state index contributed by atoms with van der Waals surface area (Å²) in [5.74, 6) is 0. The zero-order valence-corrected chi connectivity index (χ0v) is 19.0. The van der Waals surface area contributed by atoms with Gasteiger partial charge in [-0.15, -0.1) is 11.3 Å². The van der Waals surface area contributed by atoms with Crippen molar-refractivity contribution in [3.63, 3.8) is 0 Å². The zero-order chi connectivity index (χ0) is 21.4. The minimum atomic E-state index is 0.156. The van der Waals surface area contributed by atoms with E-state index in [1.807, 2.05) is 11.3 Å². The lowest BCUT2D eigenvalue weighted by Gasteiger charge is -2.19. The molecule has 0 aromatic heterocycles. The van der Waals surface area contributed by atoms with E-state index in [2.05, 4.69) is 128 Å². The standard InChI is InChI=1S/C29H26NS/c1-29(2,3)23-15-17-27-22(19-23)18-21-14-16-26(20-28(21)31-27)30(24-10-6-4-7-11-24)25-12-8-5-9-13-25/h4-20H,1-3H3/q+1. The number of nitrogens with zero attached hydrogens (tertiary/aromatic N) is 1. The third kappa shape index (κ3) is 3.92. The van der Waals surface area contributed by atoms with E-state index >= 15 is 0 Å². The third-order valence-electron chi connectivity index (χ3n) is 5.69. The Labute approximate surface area is 187 Å². The van der Waals surface area contributed by atoms with E-state index in [1.54, 1.807) is 0 Å². The van der Waals surface area contributed by atoms with Gasteiger partial charge in [-0.3, -0.25) is 0 Å². The van der Waals surface area contributed by atoms with Crippen LogP contribution in [0.1, 0.15) is 26.3 Å². The molecule has 3 aromatic carbocycles. The number of benzene rings is 4. The van der Waals surface area contributed by atoms with E-state index in [1.165, 1.54) is 31.4 Å². The minimum Gasteiger partial charge on any atom is -0.154 e. The molecule has 1 heterocycles. The molecule has 0 bridgehead atoms. The molecule has 0 fully saturated rings. The van der Waals surface area contributed by atoms with Crippen molar-refractivity contribution in [2.24, 2.45) is 0 Å². The summed E-state index contributed by atoms with van der Waals surface area (Å²) in [5, 5.41) is 2.49. The molecule has 1 aliphatic carbocycles. The van der Waals surface area contributed by atoms with E-state index in [9.17, 15) is 0 Å². The van der Waals surface area contributed by atoms with Crippen LogP contribution in [0.15, 0.2) is 103 Å². The molecular weight excluding hydrogens is 394 g/mol. The van der Waals surface area contributed by atoms with Gasteiger partial charge >= 0.3 is 0 Å². The average Bonchev–Trinajstić information content (AvgIpc) is 2.78. The first-order valence-electron chi connectivity index (χ1n) is 10.7. The van der Waals surface area contributed by atoms with E-state index in [4.69, 9.17) is 0 Å². The van der Waals surface area contributed by atoms with Gasteiger partial charge in [-0.05, 0) is 46.2 Å². The van der Waals surface area contributed by atoms with Crippen LogP contribution in [0, 0.1) is 0 Å². The van der Waals surface area contributed by atoms with Crippen LogP contribution in [-0.2, 0) is 5.41 Å². The summed E-state index contributed by atoms with van der Waals surface area (Å²) in [6, 6.07) is 37.2. The fourth-order valence-corrected chi connectivity index (χ4v) is 5.01. The summed E-state index contributed by atoms with van der Waals surface area (Å²) in [6.07, 6.45) is 0. The molecule has 0 amide bonds. The molecule has 0 spiro atoms. The summed E-state index contributed by atoms with van der Waals surface area (Å²) < 4.78 is 3.64. The van der Waals surface area contributed by atoms with Crippen molar-refractivity contribution in [2.75, 3.05) is 0 Å². The molecule has 0 saturated heterocycles. The molecule has 5 rings (SSSR count). The zero-order valence-electron chi connectivity index (χ0n) is 18.2. The Morgan fingerprint density at radius 3 is 1.90 bits per heavy atom. The van der Waals surface area contributed by atoms with Crippen LogP contribution in [0.2, 0.25) is 0 Å². The maximum atomic E-state index is 2.35. The molecule has 1 nitrogen and oxygen atoms in total. The number of hydrogen-bond donors (Lipinski definition) is 0. The first kappa shape index (κ1) is 19.7. The number of rotatable bonds is 2. The Balaban J connectivity index is 1.76. The Kier molecular flexibility index (Phi) is 4.95. The fourth-order valence-electron chi connectivity index (χ4n) is 3.98. The van der Waals surface area contributed by atoms with E-state index in [-0.39, 0.29) is 5.41 Å². The Hall–Kier alpha value is -3.23. The van der Waals surface area contributed by atoms with E-state index in [0.29, 0.717) is 0 Å². The quantitative estimate of drug-likeness (QED) is 0.203. The molecule has 0 saturated carbocycles. The maximum Gasteiger partial charge on any atom is 0.213 e. The molecule has 0 unspecified atom stereocenters. The molecule has 0 radical (unpaired) electrons. The van der Waals surface area contributed by atoms with Gasteiger partial charge in [0.2, 0.25) is 16.7 Å². The van der Waals surface area contributed by atoms with Crippen LogP contribution >= 0.6 is 11.3 Å². The van der Waals surface area contributed by atoms with Crippen molar-refractivity contribution >= 4 is 32.8 Å². The number of fused-ring (bicyclic) bond motifs is 2. The first-order chi connectivity index (χ1) is 15.0. The molecule has 2 aliphatic rings. The summed E-state index contributed by atoms with van der Waals surface area (Å²) in [6.45, 7) is 6.81. The lowest BCUT2D eigenvalue weighted by atomic mass is 9.86. The van der Waals surface area contributed by atoms with Crippen LogP contribution < -0.4 is 9.93 Å². The van der Waals surface area contributed by atoms with Gasteiger partial charge in [-0.2, -0.15) is 4.58 Å². The minimum absolute atomic E-state index is 0.156. The summed E-state index contributed by atoms with van der Waals surface area (Å²) in [4.78, 5) is 1.30. The highest BCUT2D eigenvalue weighted by atomic mass is 32.1. The normalized spacial score (nSPS) is 11.7. The van der Waals surface area contributed by atoms with Crippen molar-refractivity contribution in [2.45, 2.75) is 26.2 Å². The van der Waals surface area contributed by atoms with Crippen molar-refractivity contribution in [1.82, 2.24) is 4.58 Å². The Morgan fingerprint density at radius 2 is 1.29 bits per heavy atom. The van der Waals surface area contributed by atoms with Crippen molar-refractivity contribution in [3.8, 4) is 10.4 Å². The molecule has 2 heteroatoms. The average molecular weight is 421 g/mol. The summed E-state index contributed by atoms with van der Waals surface area (Å²) in [7, 11) is 0. The molecular formula is C29H26NS+. The van der Waals surface area contributed by atoms with Crippen molar-refractivity contribution in [3.05, 3.63) is 114 Å². The Morgan fingerprint density at radius 1 is 0.645 bits per heavy atom. The predicted octanol–water partition coefficient (Wildman–Crippen LogP) is 7.74. The molecule has 152 valence electrons. The molecule has 31 heavy (non-hydrogen) atoms. The van der Waals surface area contributed by atoms with Gasteiger partial charge in [0, 0.05) is 46.0 Å². The monoisotopic (exact) mass is 420 g/mol. The van der Waals surface area contributed by atoms with Crippen LogP contribution in [0.3, 0.4) is 0 Å². The van der Waals surface area contributed by atoms with Gasteiger partial charge in [-0.25, -0.2) is 0 Å². The first-order valence-corrected chi connectivity index (χ1v) is 11.5. The molecule has 3 aromatic rings. The van der Waals surface area contributed by atoms with Gasteiger partial charge in [0.1, 0.15) is 0 Å².